The van der Waals surface area contributed by atoms with Crippen LogP contribution in [0.4, 0.5) is 0 Å². The van der Waals surface area contributed by atoms with Crippen molar-refractivity contribution in [1.82, 2.24) is 4.98 Å². The minimum Gasteiger partial charge on any atom is -0.458 e. The van der Waals surface area contributed by atoms with Crippen LogP contribution in [0.25, 0.3) is 10.9 Å². The van der Waals surface area contributed by atoms with Crippen molar-refractivity contribution in [2.75, 3.05) is 0 Å². The summed E-state index contributed by atoms with van der Waals surface area (Å²) in [6.45, 7) is 4.03. The molecule has 22 heavy (non-hydrogen) atoms. The number of nitrogens with one attached hydrogen (secondary N) is 1. The molecule has 1 atom stereocenters. The average molecular weight is 299 g/mol. The van der Waals surface area contributed by atoms with E-state index in [4.69, 9.17) is 4.74 Å². The molecule has 0 amide bonds. The number of cyclic esters (lactones) is 1. The summed E-state index contributed by atoms with van der Waals surface area (Å²) in [5.74, 6) is -0.270. The molecule has 0 bridgehead atoms. The van der Waals surface area contributed by atoms with Crippen LogP contribution in [0.3, 0.4) is 0 Å². The van der Waals surface area contributed by atoms with Gasteiger partial charge in [0.1, 0.15) is 17.8 Å². The molecule has 1 saturated heterocycles. The zero-order valence-electron chi connectivity index (χ0n) is 13.0. The predicted octanol–water partition coefficient (Wildman–Crippen LogP) is 3.40. The first kappa shape index (κ1) is 14.8. The quantitative estimate of drug-likeness (QED) is 0.695. The zero-order valence-corrected chi connectivity index (χ0v) is 13.0. The number of rotatable bonds is 4. The molecular formula is C18H21NO3. The highest BCUT2D eigenvalue weighted by molar-refractivity contribution is 5.98. The molecule has 4 nitrogen and oxygen atoms in total. The summed E-state index contributed by atoms with van der Waals surface area (Å²) in [5, 5.41) is 1.17. The molecule has 3 rings (SSSR count). The van der Waals surface area contributed by atoms with E-state index >= 15 is 0 Å². The second kappa shape index (κ2) is 5.59. The molecule has 116 valence electrons. The molecule has 0 spiro atoms. The Bertz CT molecular complexity index is 698. The SMILES string of the molecule is CC(C)C1(CCc2ccc3[nH]ccc3c2)CC(=O)CC(=O)O1. The van der Waals surface area contributed by atoms with E-state index in [1.165, 1.54) is 10.9 Å². The third-order valence-electron chi connectivity index (χ3n) is 4.66. The van der Waals surface area contributed by atoms with Gasteiger partial charge in [0.2, 0.25) is 0 Å². The van der Waals surface area contributed by atoms with Gasteiger partial charge in [0.05, 0.1) is 0 Å². The lowest BCUT2D eigenvalue weighted by Gasteiger charge is -2.39. The Kier molecular flexibility index (Phi) is 3.77. The summed E-state index contributed by atoms with van der Waals surface area (Å²) in [4.78, 5) is 26.7. The van der Waals surface area contributed by atoms with E-state index in [0.29, 0.717) is 12.8 Å². The summed E-state index contributed by atoms with van der Waals surface area (Å²) in [6.07, 6.45) is 3.65. The van der Waals surface area contributed by atoms with Gasteiger partial charge in [0, 0.05) is 18.1 Å². The van der Waals surface area contributed by atoms with E-state index in [1.807, 2.05) is 26.1 Å². The van der Waals surface area contributed by atoms with Gasteiger partial charge >= 0.3 is 5.97 Å². The first-order valence-electron chi connectivity index (χ1n) is 7.78. The fourth-order valence-corrected chi connectivity index (χ4v) is 3.22. The molecule has 1 aliphatic heterocycles. The Morgan fingerprint density at radius 3 is 2.82 bits per heavy atom. The highest BCUT2D eigenvalue weighted by Gasteiger charge is 2.43. The molecule has 1 aromatic carbocycles. The number of aromatic amines is 1. The predicted molar refractivity (Wildman–Crippen MR) is 84.5 cm³/mol. The first-order chi connectivity index (χ1) is 10.5. The molecule has 1 unspecified atom stereocenters. The largest absolute Gasteiger partial charge is 0.458 e. The normalized spacial score (nSPS) is 22.3. The van der Waals surface area contributed by atoms with Crippen LogP contribution in [0.1, 0.15) is 38.7 Å². The number of fused-ring (bicyclic) bond motifs is 1. The number of benzene rings is 1. The second-order valence-corrected chi connectivity index (χ2v) is 6.49. The number of carbonyl (C=O) groups is 2. The smallest absolute Gasteiger partial charge is 0.313 e. The third-order valence-corrected chi connectivity index (χ3v) is 4.66. The molecule has 0 saturated carbocycles. The van der Waals surface area contributed by atoms with E-state index < -0.39 is 5.60 Å². The van der Waals surface area contributed by atoms with Gasteiger partial charge in [-0.15, -0.1) is 0 Å². The van der Waals surface area contributed by atoms with Crippen LogP contribution in [-0.2, 0) is 20.7 Å². The lowest BCUT2D eigenvalue weighted by Crippen LogP contribution is -2.47. The minimum absolute atomic E-state index is 0.00830. The maximum Gasteiger partial charge on any atom is 0.313 e. The lowest BCUT2D eigenvalue weighted by atomic mass is 9.78. The maximum atomic E-state index is 11.8. The van der Waals surface area contributed by atoms with Crippen LogP contribution in [-0.4, -0.2) is 22.3 Å². The van der Waals surface area contributed by atoms with Gasteiger partial charge in [-0.1, -0.05) is 19.9 Å². The average Bonchev–Trinajstić information content (AvgIpc) is 2.91. The molecule has 0 aliphatic carbocycles. The number of ketones is 1. The molecular weight excluding hydrogens is 278 g/mol. The topological polar surface area (TPSA) is 59.2 Å². The van der Waals surface area contributed by atoms with Crippen molar-refractivity contribution in [3.05, 3.63) is 36.0 Å². The van der Waals surface area contributed by atoms with Crippen molar-refractivity contribution in [1.29, 1.82) is 0 Å². The van der Waals surface area contributed by atoms with Gasteiger partial charge in [-0.25, -0.2) is 0 Å². The Morgan fingerprint density at radius 1 is 1.27 bits per heavy atom. The van der Waals surface area contributed by atoms with Crippen molar-refractivity contribution >= 4 is 22.7 Å². The van der Waals surface area contributed by atoms with E-state index in [2.05, 4.69) is 23.2 Å². The fraction of sp³-hybridized carbons (Fsp3) is 0.444. The van der Waals surface area contributed by atoms with Gasteiger partial charge in [0.25, 0.3) is 0 Å². The summed E-state index contributed by atoms with van der Waals surface area (Å²) in [5.41, 5.74) is 1.65. The number of H-pyrrole nitrogens is 1. The molecule has 1 fully saturated rings. The number of aromatic nitrogens is 1. The monoisotopic (exact) mass is 299 g/mol. The van der Waals surface area contributed by atoms with Gasteiger partial charge < -0.3 is 9.72 Å². The maximum absolute atomic E-state index is 11.8. The van der Waals surface area contributed by atoms with E-state index in [1.54, 1.807) is 0 Å². The number of carbonyl (C=O) groups excluding carboxylic acids is 2. The number of ether oxygens (including phenoxy) is 1. The Labute approximate surface area is 129 Å². The highest BCUT2D eigenvalue weighted by Crippen LogP contribution is 2.35. The minimum atomic E-state index is -0.653. The molecule has 2 heterocycles. The van der Waals surface area contributed by atoms with Crippen molar-refractivity contribution in [3.8, 4) is 0 Å². The lowest BCUT2D eigenvalue weighted by molar-refractivity contribution is -0.177. The number of Topliss-reactive ketones (excluding diaryl/α,β-unsaturated/α-hetero) is 1. The van der Waals surface area contributed by atoms with Crippen LogP contribution in [0, 0.1) is 5.92 Å². The summed E-state index contributed by atoms with van der Waals surface area (Å²) >= 11 is 0. The van der Waals surface area contributed by atoms with Crippen molar-refractivity contribution in [3.63, 3.8) is 0 Å². The van der Waals surface area contributed by atoms with Crippen LogP contribution < -0.4 is 0 Å². The van der Waals surface area contributed by atoms with Gasteiger partial charge in [-0.2, -0.15) is 0 Å². The van der Waals surface area contributed by atoms with Gasteiger partial charge in [-0.05, 0) is 47.9 Å². The standard InChI is InChI=1S/C18H21NO3/c1-12(2)18(11-15(20)10-17(21)22-18)7-5-13-3-4-16-14(9-13)6-8-19-16/h3-4,6,8-9,12,19H,5,7,10-11H2,1-2H3. The van der Waals surface area contributed by atoms with Crippen LogP contribution in [0.15, 0.2) is 30.5 Å². The third kappa shape index (κ3) is 2.78. The molecule has 0 radical (unpaired) electrons. The number of esters is 1. The molecule has 1 aliphatic rings. The molecule has 2 aromatic rings. The van der Waals surface area contributed by atoms with Crippen molar-refractivity contribution in [2.45, 2.75) is 45.1 Å². The Balaban J connectivity index is 1.79. The Hall–Kier alpha value is -2.10. The van der Waals surface area contributed by atoms with Gasteiger partial charge in [0.15, 0.2) is 0 Å². The summed E-state index contributed by atoms with van der Waals surface area (Å²) in [6, 6.07) is 8.33. The number of hydrogen-bond donors (Lipinski definition) is 1. The second-order valence-electron chi connectivity index (χ2n) is 6.49. The Morgan fingerprint density at radius 2 is 2.09 bits per heavy atom. The van der Waals surface area contributed by atoms with Crippen LogP contribution >= 0.6 is 0 Å². The number of hydrogen-bond acceptors (Lipinski definition) is 3. The molecule has 1 N–H and O–H groups in total. The van der Waals surface area contributed by atoms with E-state index in [9.17, 15) is 9.59 Å². The van der Waals surface area contributed by atoms with Crippen LogP contribution in [0.2, 0.25) is 0 Å². The van der Waals surface area contributed by atoms with Gasteiger partial charge in [-0.3, -0.25) is 9.59 Å². The first-order valence-corrected chi connectivity index (χ1v) is 7.78. The highest BCUT2D eigenvalue weighted by atomic mass is 16.6. The van der Waals surface area contributed by atoms with E-state index in [-0.39, 0.29) is 24.1 Å². The van der Waals surface area contributed by atoms with E-state index in [0.717, 1.165) is 11.9 Å². The van der Waals surface area contributed by atoms with Crippen molar-refractivity contribution < 1.29 is 14.3 Å². The number of aryl methyl sites for hydroxylation is 1. The molecule has 1 aromatic heterocycles. The summed E-state index contributed by atoms with van der Waals surface area (Å²) < 4.78 is 5.63. The zero-order chi connectivity index (χ0) is 15.7. The fourth-order valence-electron chi connectivity index (χ4n) is 3.22. The summed E-state index contributed by atoms with van der Waals surface area (Å²) in [7, 11) is 0. The van der Waals surface area contributed by atoms with Crippen LogP contribution in [0.5, 0.6) is 0 Å². The van der Waals surface area contributed by atoms with Crippen molar-refractivity contribution in [2.24, 2.45) is 5.92 Å². The molecule has 4 heteroatoms.